The molecule has 0 radical (unpaired) electrons. The summed E-state index contributed by atoms with van der Waals surface area (Å²) in [6.07, 6.45) is 0.933. The van der Waals surface area contributed by atoms with Gasteiger partial charge in [0.2, 0.25) is 11.8 Å². The molecule has 24 heavy (non-hydrogen) atoms. The third-order valence-corrected chi connectivity index (χ3v) is 5.17. The van der Waals surface area contributed by atoms with Crippen molar-refractivity contribution in [1.29, 1.82) is 0 Å². The van der Waals surface area contributed by atoms with Crippen molar-refractivity contribution in [3.8, 4) is 0 Å². The lowest BCUT2D eigenvalue weighted by molar-refractivity contribution is -0.115. The van der Waals surface area contributed by atoms with Crippen LogP contribution in [0, 0.1) is 0 Å². The molecule has 0 saturated heterocycles. The van der Waals surface area contributed by atoms with Crippen LogP contribution >= 0.6 is 34.7 Å². The summed E-state index contributed by atoms with van der Waals surface area (Å²) in [5, 5.41) is 13.1. The molecule has 1 N–H and O–H groups in total. The highest BCUT2D eigenvalue weighted by molar-refractivity contribution is 7.99. The number of halogens is 1. The van der Waals surface area contributed by atoms with E-state index >= 15 is 0 Å². The molecule has 0 atom stereocenters. The molecular formula is C16H14ClN3O2S2. The Labute approximate surface area is 152 Å². The van der Waals surface area contributed by atoms with E-state index in [1.54, 1.807) is 23.1 Å². The molecule has 0 bridgehead atoms. The molecule has 0 aliphatic carbocycles. The van der Waals surface area contributed by atoms with Gasteiger partial charge >= 0.3 is 6.01 Å². The van der Waals surface area contributed by atoms with E-state index in [0.29, 0.717) is 29.5 Å². The number of carbonyl (C=O) groups excluding carboxylic acids is 1. The highest BCUT2D eigenvalue weighted by atomic mass is 35.5. The molecule has 124 valence electrons. The predicted octanol–water partition coefficient (Wildman–Crippen LogP) is 4.50. The van der Waals surface area contributed by atoms with Gasteiger partial charge < -0.3 is 4.42 Å². The SMILES string of the molecule is O=C(CCSc1ccc(Cl)cc1)Nc1nnc(Cc2cccs2)o1. The molecular weight excluding hydrogens is 366 g/mol. The zero-order chi connectivity index (χ0) is 16.8. The molecule has 1 amide bonds. The Bertz CT molecular complexity index is 788. The summed E-state index contributed by atoms with van der Waals surface area (Å²) in [6, 6.07) is 11.6. The van der Waals surface area contributed by atoms with Crippen molar-refractivity contribution in [1.82, 2.24) is 10.2 Å². The number of benzene rings is 1. The Kier molecular flexibility index (Phi) is 5.90. The molecule has 2 heterocycles. The number of thioether (sulfide) groups is 1. The van der Waals surface area contributed by atoms with Crippen molar-refractivity contribution in [2.24, 2.45) is 0 Å². The first kappa shape index (κ1) is 17.0. The van der Waals surface area contributed by atoms with Gasteiger partial charge in [0.25, 0.3) is 0 Å². The lowest BCUT2D eigenvalue weighted by Gasteiger charge is -2.02. The Morgan fingerprint density at radius 3 is 2.83 bits per heavy atom. The summed E-state index contributed by atoms with van der Waals surface area (Å²) in [6.45, 7) is 0. The number of thiophene rings is 1. The average molecular weight is 380 g/mol. The van der Waals surface area contributed by atoms with E-state index in [-0.39, 0.29) is 11.9 Å². The zero-order valence-electron chi connectivity index (χ0n) is 12.6. The third kappa shape index (κ3) is 5.09. The molecule has 0 aliphatic rings. The van der Waals surface area contributed by atoms with E-state index in [4.69, 9.17) is 16.0 Å². The highest BCUT2D eigenvalue weighted by Crippen LogP contribution is 2.21. The van der Waals surface area contributed by atoms with Gasteiger partial charge in [-0.1, -0.05) is 22.8 Å². The van der Waals surface area contributed by atoms with Crippen LogP contribution in [0.3, 0.4) is 0 Å². The molecule has 0 fully saturated rings. The second kappa shape index (κ2) is 8.32. The van der Waals surface area contributed by atoms with Gasteiger partial charge in [0, 0.05) is 27.0 Å². The van der Waals surface area contributed by atoms with Crippen LogP contribution in [0.25, 0.3) is 0 Å². The third-order valence-electron chi connectivity index (χ3n) is 3.03. The fourth-order valence-corrected chi connectivity index (χ4v) is 3.59. The van der Waals surface area contributed by atoms with Crippen LogP contribution in [0.1, 0.15) is 17.2 Å². The number of carbonyl (C=O) groups is 1. The van der Waals surface area contributed by atoms with Gasteiger partial charge in [-0.05, 0) is 35.7 Å². The van der Waals surface area contributed by atoms with Gasteiger partial charge in [-0.25, -0.2) is 0 Å². The second-order valence-corrected chi connectivity index (χ2v) is 7.49. The Balaban J connectivity index is 1.43. The molecule has 0 unspecified atom stereocenters. The lowest BCUT2D eigenvalue weighted by atomic mass is 10.3. The van der Waals surface area contributed by atoms with Crippen LogP contribution in [0.15, 0.2) is 51.1 Å². The van der Waals surface area contributed by atoms with E-state index in [1.807, 2.05) is 41.8 Å². The van der Waals surface area contributed by atoms with Crippen LogP contribution < -0.4 is 5.32 Å². The molecule has 8 heteroatoms. The number of aromatic nitrogens is 2. The van der Waals surface area contributed by atoms with Gasteiger partial charge in [-0.15, -0.1) is 28.2 Å². The number of hydrogen-bond donors (Lipinski definition) is 1. The number of anilines is 1. The number of amides is 1. The molecule has 0 saturated carbocycles. The minimum absolute atomic E-state index is 0.142. The Hall–Kier alpha value is -1.83. The first-order chi connectivity index (χ1) is 11.7. The molecule has 5 nitrogen and oxygen atoms in total. The van der Waals surface area contributed by atoms with E-state index in [9.17, 15) is 4.79 Å². The minimum atomic E-state index is -0.150. The van der Waals surface area contributed by atoms with Crippen molar-refractivity contribution >= 4 is 46.6 Å². The fraction of sp³-hybridized carbons (Fsp3) is 0.188. The molecule has 0 spiro atoms. The highest BCUT2D eigenvalue weighted by Gasteiger charge is 2.10. The average Bonchev–Trinajstić information content (AvgIpc) is 3.22. The van der Waals surface area contributed by atoms with Crippen molar-refractivity contribution in [3.63, 3.8) is 0 Å². The minimum Gasteiger partial charge on any atom is -0.407 e. The maximum atomic E-state index is 11.9. The largest absolute Gasteiger partial charge is 0.407 e. The zero-order valence-corrected chi connectivity index (χ0v) is 15.0. The van der Waals surface area contributed by atoms with Crippen molar-refractivity contribution in [2.45, 2.75) is 17.7 Å². The van der Waals surface area contributed by atoms with Gasteiger partial charge in [0.05, 0.1) is 6.42 Å². The van der Waals surface area contributed by atoms with Crippen molar-refractivity contribution < 1.29 is 9.21 Å². The Morgan fingerprint density at radius 1 is 1.25 bits per heavy atom. The maximum Gasteiger partial charge on any atom is 0.322 e. The van der Waals surface area contributed by atoms with E-state index in [0.717, 1.165) is 9.77 Å². The summed E-state index contributed by atoms with van der Waals surface area (Å²) in [5.74, 6) is 0.995. The van der Waals surface area contributed by atoms with Crippen LogP contribution in [0.2, 0.25) is 5.02 Å². The van der Waals surface area contributed by atoms with Crippen molar-refractivity contribution in [2.75, 3.05) is 11.1 Å². The predicted molar refractivity (Wildman–Crippen MR) is 96.8 cm³/mol. The molecule has 0 aliphatic heterocycles. The van der Waals surface area contributed by atoms with Gasteiger partial charge in [-0.3, -0.25) is 10.1 Å². The Morgan fingerprint density at radius 2 is 2.08 bits per heavy atom. The smallest absolute Gasteiger partial charge is 0.322 e. The summed E-state index contributed by atoms with van der Waals surface area (Å²) >= 11 is 9.05. The van der Waals surface area contributed by atoms with Crippen LogP contribution in [0.4, 0.5) is 6.01 Å². The van der Waals surface area contributed by atoms with Crippen LogP contribution in [-0.4, -0.2) is 21.9 Å². The lowest BCUT2D eigenvalue weighted by Crippen LogP contribution is -2.12. The standard InChI is InChI=1S/C16H14ClN3O2S2/c17-11-3-5-12(6-4-11)24-9-7-14(21)18-16-20-19-15(22-16)10-13-2-1-8-23-13/h1-6,8H,7,9-10H2,(H,18,20,21). The van der Waals surface area contributed by atoms with E-state index in [2.05, 4.69) is 15.5 Å². The number of rotatable bonds is 7. The summed E-state index contributed by atoms with van der Waals surface area (Å²) in [4.78, 5) is 14.1. The van der Waals surface area contributed by atoms with E-state index in [1.165, 1.54) is 0 Å². The monoisotopic (exact) mass is 379 g/mol. The van der Waals surface area contributed by atoms with E-state index < -0.39 is 0 Å². The van der Waals surface area contributed by atoms with Crippen LogP contribution in [-0.2, 0) is 11.2 Å². The molecule has 3 rings (SSSR count). The first-order valence-corrected chi connectivity index (χ1v) is 9.46. The first-order valence-electron chi connectivity index (χ1n) is 7.22. The topological polar surface area (TPSA) is 68.0 Å². The number of nitrogens with one attached hydrogen (secondary N) is 1. The van der Waals surface area contributed by atoms with Gasteiger partial charge in [-0.2, -0.15) is 0 Å². The summed E-state index contributed by atoms with van der Waals surface area (Å²) < 4.78 is 5.44. The van der Waals surface area contributed by atoms with Crippen LogP contribution in [0.5, 0.6) is 0 Å². The van der Waals surface area contributed by atoms with Crippen molar-refractivity contribution in [3.05, 3.63) is 57.6 Å². The second-order valence-electron chi connectivity index (χ2n) is 4.86. The maximum absolute atomic E-state index is 11.9. The molecule has 1 aromatic carbocycles. The number of hydrogen-bond acceptors (Lipinski definition) is 6. The summed E-state index contributed by atoms with van der Waals surface area (Å²) in [7, 11) is 0. The molecule has 2 aromatic heterocycles. The van der Waals surface area contributed by atoms with Gasteiger partial charge in [0.1, 0.15) is 0 Å². The molecule has 3 aromatic rings. The number of nitrogens with zero attached hydrogens (tertiary/aromatic N) is 2. The van der Waals surface area contributed by atoms with Gasteiger partial charge in [0.15, 0.2) is 0 Å². The quantitative estimate of drug-likeness (QED) is 0.612. The fourth-order valence-electron chi connectivity index (χ4n) is 1.91. The normalized spacial score (nSPS) is 10.7. The summed E-state index contributed by atoms with van der Waals surface area (Å²) in [5.41, 5.74) is 0.